The monoisotopic (exact) mass is 199 g/mol. The Bertz CT molecular complexity index is 528. The quantitative estimate of drug-likeness (QED) is 0.651. The van der Waals surface area contributed by atoms with Crippen LogP contribution < -0.4 is 0 Å². The van der Waals surface area contributed by atoms with Crippen molar-refractivity contribution in [1.29, 1.82) is 0 Å². The van der Waals surface area contributed by atoms with Gasteiger partial charge in [-0.2, -0.15) is 0 Å². The van der Waals surface area contributed by atoms with E-state index in [4.69, 9.17) is 4.42 Å². The fourth-order valence-electron chi connectivity index (χ4n) is 1.97. The molecule has 0 bridgehead atoms. The zero-order valence-electron chi connectivity index (χ0n) is 8.06. The van der Waals surface area contributed by atoms with E-state index in [-0.39, 0.29) is 5.78 Å². The Labute approximate surface area is 86.8 Å². The first-order valence-corrected chi connectivity index (χ1v) is 4.91. The second kappa shape index (κ2) is 3.05. The Morgan fingerprint density at radius 2 is 2.07 bits per heavy atom. The van der Waals surface area contributed by atoms with Gasteiger partial charge in [-0.05, 0) is 12.0 Å². The van der Waals surface area contributed by atoms with Crippen molar-refractivity contribution < 1.29 is 9.21 Å². The van der Waals surface area contributed by atoms with E-state index in [0.717, 1.165) is 24.0 Å². The molecule has 3 heteroatoms. The maximum atomic E-state index is 12.1. The molecular weight excluding hydrogens is 190 g/mol. The van der Waals surface area contributed by atoms with Gasteiger partial charge in [0.05, 0.1) is 0 Å². The smallest absolute Gasteiger partial charge is 0.215 e. The lowest BCUT2D eigenvalue weighted by molar-refractivity contribution is 0.103. The zero-order chi connectivity index (χ0) is 10.3. The third kappa shape index (κ3) is 1.20. The van der Waals surface area contributed by atoms with Crippen LogP contribution in [-0.4, -0.2) is 10.8 Å². The molecule has 0 saturated heterocycles. The minimum atomic E-state index is -0.0214. The Hall–Kier alpha value is -1.90. The van der Waals surface area contributed by atoms with Crippen molar-refractivity contribution in [3.05, 3.63) is 53.2 Å². The van der Waals surface area contributed by atoms with Gasteiger partial charge in [-0.1, -0.05) is 24.3 Å². The Morgan fingerprint density at radius 1 is 1.20 bits per heavy atom. The summed E-state index contributed by atoms with van der Waals surface area (Å²) < 4.78 is 5.21. The van der Waals surface area contributed by atoms with Crippen LogP contribution in [0, 0.1) is 0 Å². The van der Waals surface area contributed by atoms with Crippen LogP contribution in [0.15, 0.2) is 35.1 Å². The highest BCUT2D eigenvalue weighted by atomic mass is 16.3. The lowest BCUT2D eigenvalue weighted by atomic mass is 10.0. The average Bonchev–Trinajstić information content (AvgIpc) is 2.69. The maximum Gasteiger partial charge on any atom is 0.215 e. The number of aromatic nitrogens is 1. The van der Waals surface area contributed by atoms with Crippen molar-refractivity contribution in [2.75, 3.05) is 0 Å². The standard InChI is InChI=1S/C12H9NO2/c14-12-9-4-2-1-3-8(9)5-6-10-11(12)13-7-15-10/h1-4,7H,5-6H2. The van der Waals surface area contributed by atoms with E-state index in [2.05, 4.69) is 4.98 Å². The van der Waals surface area contributed by atoms with Crippen LogP contribution in [0.4, 0.5) is 0 Å². The van der Waals surface area contributed by atoms with Crippen LogP contribution in [0.25, 0.3) is 0 Å². The van der Waals surface area contributed by atoms with Crippen LogP contribution in [-0.2, 0) is 12.8 Å². The largest absolute Gasteiger partial charge is 0.448 e. The number of carbonyl (C=O) groups excluding carboxylic acids is 1. The number of hydrogen-bond acceptors (Lipinski definition) is 3. The molecule has 74 valence electrons. The van der Waals surface area contributed by atoms with Crippen molar-refractivity contribution in [2.45, 2.75) is 12.8 Å². The molecule has 3 rings (SSSR count). The summed E-state index contributed by atoms with van der Waals surface area (Å²) in [4.78, 5) is 16.0. The van der Waals surface area contributed by atoms with Gasteiger partial charge in [-0.3, -0.25) is 4.79 Å². The van der Waals surface area contributed by atoms with Crippen molar-refractivity contribution in [3.63, 3.8) is 0 Å². The van der Waals surface area contributed by atoms with Crippen molar-refractivity contribution in [2.24, 2.45) is 0 Å². The molecule has 1 aromatic heterocycles. The molecule has 1 aliphatic rings. The lowest BCUT2D eigenvalue weighted by Crippen LogP contribution is -2.03. The van der Waals surface area contributed by atoms with Crippen LogP contribution >= 0.6 is 0 Å². The predicted octanol–water partition coefficient (Wildman–Crippen LogP) is 2.00. The molecule has 0 atom stereocenters. The van der Waals surface area contributed by atoms with Gasteiger partial charge in [0.25, 0.3) is 0 Å². The minimum absolute atomic E-state index is 0.0214. The van der Waals surface area contributed by atoms with Crippen LogP contribution in [0.3, 0.4) is 0 Å². The third-order valence-electron chi connectivity index (χ3n) is 2.74. The highest BCUT2D eigenvalue weighted by Crippen LogP contribution is 2.23. The van der Waals surface area contributed by atoms with E-state index < -0.39 is 0 Å². The van der Waals surface area contributed by atoms with E-state index in [1.165, 1.54) is 6.39 Å². The lowest BCUT2D eigenvalue weighted by Gasteiger charge is -2.01. The van der Waals surface area contributed by atoms with E-state index >= 15 is 0 Å². The normalized spacial score (nSPS) is 14.3. The molecular formula is C12H9NO2. The van der Waals surface area contributed by atoms with Gasteiger partial charge in [0.2, 0.25) is 5.78 Å². The number of carbonyl (C=O) groups is 1. The number of nitrogens with zero attached hydrogens (tertiary/aromatic N) is 1. The van der Waals surface area contributed by atoms with Gasteiger partial charge < -0.3 is 4.42 Å². The summed E-state index contributed by atoms with van der Waals surface area (Å²) in [5.41, 5.74) is 2.31. The molecule has 1 heterocycles. The minimum Gasteiger partial charge on any atom is -0.448 e. The number of rotatable bonds is 0. The van der Waals surface area contributed by atoms with Gasteiger partial charge in [-0.15, -0.1) is 0 Å². The summed E-state index contributed by atoms with van der Waals surface area (Å²) >= 11 is 0. The molecule has 0 unspecified atom stereocenters. The number of aryl methyl sites for hydroxylation is 2. The average molecular weight is 199 g/mol. The molecule has 0 amide bonds. The highest BCUT2D eigenvalue weighted by molar-refractivity contribution is 6.09. The molecule has 1 aliphatic carbocycles. The SMILES string of the molecule is O=C1c2ccccc2CCc2ocnc21. The summed E-state index contributed by atoms with van der Waals surface area (Å²) in [7, 11) is 0. The second-order valence-electron chi connectivity index (χ2n) is 3.61. The van der Waals surface area contributed by atoms with Gasteiger partial charge in [-0.25, -0.2) is 4.98 Å². The van der Waals surface area contributed by atoms with Crippen molar-refractivity contribution in [1.82, 2.24) is 4.98 Å². The van der Waals surface area contributed by atoms with Crippen molar-refractivity contribution >= 4 is 5.78 Å². The van der Waals surface area contributed by atoms with Gasteiger partial charge in [0.1, 0.15) is 5.76 Å². The Morgan fingerprint density at radius 3 is 3.00 bits per heavy atom. The number of ketones is 1. The summed E-state index contributed by atoms with van der Waals surface area (Å²) in [6, 6.07) is 7.66. The fraction of sp³-hybridized carbons (Fsp3) is 0.167. The van der Waals surface area contributed by atoms with Crippen LogP contribution in [0.2, 0.25) is 0 Å². The molecule has 0 N–H and O–H groups in total. The van der Waals surface area contributed by atoms with Gasteiger partial charge >= 0.3 is 0 Å². The van der Waals surface area contributed by atoms with E-state index in [1.54, 1.807) is 0 Å². The van der Waals surface area contributed by atoms with E-state index in [1.807, 2.05) is 24.3 Å². The van der Waals surface area contributed by atoms with Gasteiger partial charge in [0.15, 0.2) is 12.1 Å². The van der Waals surface area contributed by atoms with Crippen molar-refractivity contribution in [3.8, 4) is 0 Å². The van der Waals surface area contributed by atoms with E-state index in [9.17, 15) is 4.79 Å². The first kappa shape index (κ1) is 8.41. The zero-order valence-corrected chi connectivity index (χ0v) is 8.06. The molecule has 0 spiro atoms. The number of fused-ring (bicyclic) bond motifs is 2. The van der Waals surface area contributed by atoms with Gasteiger partial charge in [0, 0.05) is 12.0 Å². The second-order valence-corrected chi connectivity index (χ2v) is 3.61. The number of hydrogen-bond donors (Lipinski definition) is 0. The first-order valence-electron chi connectivity index (χ1n) is 4.91. The molecule has 1 aromatic carbocycles. The Balaban J connectivity index is 2.22. The fourth-order valence-corrected chi connectivity index (χ4v) is 1.97. The highest BCUT2D eigenvalue weighted by Gasteiger charge is 2.23. The number of oxazole rings is 1. The summed E-state index contributed by atoms with van der Waals surface area (Å²) in [6.07, 6.45) is 2.93. The molecule has 0 fully saturated rings. The molecule has 2 aromatic rings. The molecule has 0 radical (unpaired) electrons. The summed E-state index contributed by atoms with van der Waals surface area (Å²) in [6.45, 7) is 0. The molecule has 15 heavy (non-hydrogen) atoms. The molecule has 3 nitrogen and oxygen atoms in total. The third-order valence-corrected chi connectivity index (χ3v) is 2.74. The number of benzene rings is 1. The summed E-state index contributed by atoms with van der Waals surface area (Å²) in [5, 5.41) is 0. The maximum absolute atomic E-state index is 12.1. The topological polar surface area (TPSA) is 43.1 Å². The van der Waals surface area contributed by atoms with Crippen LogP contribution in [0.1, 0.15) is 27.4 Å². The molecule has 0 aliphatic heterocycles. The molecule has 0 saturated carbocycles. The van der Waals surface area contributed by atoms with E-state index in [0.29, 0.717) is 11.5 Å². The predicted molar refractivity (Wildman–Crippen MR) is 53.8 cm³/mol. The summed E-state index contributed by atoms with van der Waals surface area (Å²) in [5.74, 6) is 0.683. The first-order chi connectivity index (χ1) is 7.36. The van der Waals surface area contributed by atoms with Crippen LogP contribution in [0.5, 0.6) is 0 Å². The Kier molecular flexibility index (Phi) is 1.71.